The van der Waals surface area contributed by atoms with Gasteiger partial charge in [0.2, 0.25) is 5.56 Å². The number of pyridine rings is 1. The second-order valence-electron chi connectivity index (χ2n) is 4.65. The summed E-state index contributed by atoms with van der Waals surface area (Å²) in [7, 11) is 3.97. The molecule has 1 unspecified atom stereocenters. The molecule has 0 fully saturated rings. The lowest BCUT2D eigenvalue weighted by molar-refractivity contribution is 0.0942. The van der Waals surface area contributed by atoms with E-state index in [9.17, 15) is 9.59 Å². The van der Waals surface area contributed by atoms with E-state index in [1.54, 1.807) is 11.3 Å². The highest BCUT2D eigenvalue weighted by atomic mass is 32.1. The Morgan fingerprint density at radius 1 is 1.40 bits per heavy atom. The molecule has 2 aromatic rings. The molecule has 0 aliphatic heterocycles. The van der Waals surface area contributed by atoms with Crippen LogP contribution in [0, 0.1) is 0 Å². The number of hydrogen-bond acceptors (Lipinski definition) is 4. The first-order valence-electron chi connectivity index (χ1n) is 6.24. The van der Waals surface area contributed by atoms with Gasteiger partial charge in [0.05, 0.1) is 11.6 Å². The van der Waals surface area contributed by atoms with Crippen LogP contribution in [0.3, 0.4) is 0 Å². The highest BCUT2D eigenvalue weighted by molar-refractivity contribution is 7.10. The Kier molecular flexibility index (Phi) is 4.70. The minimum absolute atomic E-state index is 0.140. The number of likely N-dealkylation sites (N-methyl/N-ethyl adjacent to an activating group) is 1. The standard InChI is InChI=1S/C14H17N3O2S/c1-17(2)11(12-4-3-7-20-12)9-16-14(19)10-5-6-13(18)15-8-10/h3-8,11H,9H2,1-2H3,(H,15,18)(H,16,19). The topological polar surface area (TPSA) is 65.2 Å². The van der Waals surface area contributed by atoms with Gasteiger partial charge in [-0.25, -0.2) is 0 Å². The van der Waals surface area contributed by atoms with Crippen molar-refractivity contribution in [1.82, 2.24) is 15.2 Å². The summed E-state index contributed by atoms with van der Waals surface area (Å²) in [6.07, 6.45) is 1.42. The molecule has 5 nitrogen and oxygen atoms in total. The van der Waals surface area contributed by atoms with Crippen LogP contribution in [0.5, 0.6) is 0 Å². The Hall–Kier alpha value is -1.92. The van der Waals surface area contributed by atoms with Gasteiger partial charge < -0.3 is 15.2 Å². The Bertz CT molecular complexity index is 599. The van der Waals surface area contributed by atoms with Crippen LogP contribution in [0.2, 0.25) is 0 Å². The van der Waals surface area contributed by atoms with Gasteiger partial charge in [-0.05, 0) is 31.6 Å². The van der Waals surface area contributed by atoms with Crippen molar-refractivity contribution in [1.29, 1.82) is 0 Å². The molecule has 0 bridgehead atoms. The molecule has 1 amide bonds. The summed E-state index contributed by atoms with van der Waals surface area (Å²) < 4.78 is 0. The fourth-order valence-electron chi connectivity index (χ4n) is 1.86. The molecule has 0 aliphatic rings. The van der Waals surface area contributed by atoms with Crippen LogP contribution in [0.1, 0.15) is 21.3 Å². The molecule has 2 N–H and O–H groups in total. The Labute approximate surface area is 121 Å². The zero-order chi connectivity index (χ0) is 14.5. The van der Waals surface area contributed by atoms with Crippen molar-refractivity contribution in [2.75, 3.05) is 20.6 Å². The molecule has 0 spiro atoms. The first-order chi connectivity index (χ1) is 9.58. The monoisotopic (exact) mass is 291 g/mol. The highest BCUT2D eigenvalue weighted by Crippen LogP contribution is 2.22. The molecule has 20 heavy (non-hydrogen) atoms. The first-order valence-corrected chi connectivity index (χ1v) is 7.12. The maximum absolute atomic E-state index is 12.0. The van der Waals surface area contributed by atoms with E-state index in [-0.39, 0.29) is 17.5 Å². The number of aromatic nitrogens is 1. The van der Waals surface area contributed by atoms with Crippen LogP contribution in [0.15, 0.2) is 40.6 Å². The molecular weight excluding hydrogens is 274 g/mol. The number of rotatable bonds is 5. The molecule has 0 saturated carbocycles. The summed E-state index contributed by atoms with van der Waals surface area (Å²) >= 11 is 1.67. The van der Waals surface area contributed by atoms with Gasteiger partial charge in [0.1, 0.15) is 0 Å². The maximum atomic E-state index is 12.0. The van der Waals surface area contributed by atoms with E-state index >= 15 is 0 Å². The van der Waals surface area contributed by atoms with Gasteiger partial charge in [0.25, 0.3) is 5.91 Å². The summed E-state index contributed by atoms with van der Waals surface area (Å²) in [6, 6.07) is 7.06. The molecule has 0 aliphatic carbocycles. The third-order valence-corrected chi connectivity index (χ3v) is 3.97. The van der Waals surface area contributed by atoms with E-state index < -0.39 is 0 Å². The largest absolute Gasteiger partial charge is 0.350 e. The van der Waals surface area contributed by atoms with E-state index in [1.165, 1.54) is 23.2 Å². The van der Waals surface area contributed by atoms with Gasteiger partial charge in [-0.2, -0.15) is 0 Å². The van der Waals surface area contributed by atoms with E-state index in [0.29, 0.717) is 12.1 Å². The zero-order valence-electron chi connectivity index (χ0n) is 11.4. The predicted molar refractivity (Wildman–Crippen MR) is 80.1 cm³/mol. The quantitative estimate of drug-likeness (QED) is 0.877. The van der Waals surface area contributed by atoms with Crippen LogP contribution >= 0.6 is 11.3 Å². The third kappa shape index (κ3) is 3.55. The lowest BCUT2D eigenvalue weighted by atomic mass is 10.2. The van der Waals surface area contributed by atoms with Crippen LogP contribution < -0.4 is 10.9 Å². The summed E-state index contributed by atoms with van der Waals surface area (Å²) in [5.41, 5.74) is 0.236. The van der Waals surface area contributed by atoms with Crippen molar-refractivity contribution in [2.45, 2.75) is 6.04 Å². The van der Waals surface area contributed by atoms with Gasteiger partial charge in [-0.1, -0.05) is 6.07 Å². The molecule has 2 rings (SSSR count). The van der Waals surface area contributed by atoms with E-state index in [0.717, 1.165) is 0 Å². The number of H-pyrrole nitrogens is 1. The normalized spacial score (nSPS) is 12.3. The molecule has 0 saturated heterocycles. The molecule has 1 atom stereocenters. The van der Waals surface area contributed by atoms with Crippen molar-refractivity contribution in [2.24, 2.45) is 0 Å². The molecule has 0 aromatic carbocycles. The van der Waals surface area contributed by atoms with Crippen LogP contribution in [-0.2, 0) is 0 Å². The van der Waals surface area contributed by atoms with Gasteiger partial charge in [-0.15, -0.1) is 11.3 Å². The molecular formula is C14H17N3O2S. The van der Waals surface area contributed by atoms with Gasteiger partial charge in [0.15, 0.2) is 0 Å². The number of thiophene rings is 1. The average molecular weight is 291 g/mol. The molecule has 106 valence electrons. The van der Waals surface area contributed by atoms with Gasteiger partial charge >= 0.3 is 0 Å². The van der Waals surface area contributed by atoms with Crippen LogP contribution in [0.4, 0.5) is 0 Å². The lowest BCUT2D eigenvalue weighted by Gasteiger charge is -2.23. The van der Waals surface area contributed by atoms with E-state index in [2.05, 4.69) is 21.3 Å². The van der Waals surface area contributed by atoms with Crippen molar-refractivity contribution in [3.63, 3.8) is 0 Å². The SMILES string of the molecule is CN(C)C(CNC(=O)c1ccc(=O)[nH]c1)c1cccs1. The highest BCUT2D eigenvalue weighted by Gasteiger charge is 2.16. The maximum Gasteiger partial charge on any atom is 0.252 e. The average Bonchev–Trinajstić information content (AvgIpc) is 2.93. The molecule has 2 heterocycles. The van der Waals surface area contributed by atoms with Crippen molar-refractivity contribution < 1.29 is 4.79 Å². The summed E-state index contributed by atoms with van der Waals surface area (Å²) in [6.45, 7) is 0.519. The summed E-state index contributed by atoms with van der Waals surface area (Å²) in [5, 5.41) is 4.92. The van der Waals surface area contributed by atoms with E-state index in [4.69, 9.17) is 0 Å². The minimum Gasteiger partial charge on any atom is -0.350 e. The zero-order valence-corrected chi connectivity index (χ0v) is 12.2. The first kappa shape index (κ1) is 14.5. The van der Waals surface area contributed by atoms with Gasteiger partial charge in [0, 0.05) is 23.7 Å². The second-order valence-corrected chi connectivity index (χ2v) is 5.63. The number of carbonyl (C=O) groups excluding carboxylic acids is 1. The van der Waals surface area contributed by atoms with Crippen molar-refractivity contribution in [3.05, 3.63) is 56.6 Å². The third-order valence-electron chi connectivity index (χ3n) is 3.00. The van der Waals surface area contributed by atoms with Crippen LogP contribution in [0.25, 0.3) is 0 Å². The molecule has 0 radical (unpaired) electrons. The number of nitrogens with one attached hydrogen (secondary N) is 2. The number of aromatic amines is 1. The van der Waals surface area contributed by atoms with Crippen LogP contribution in [-0.4, -0.2) is 36.4 Å². The second kappa shape index (κ2) is 6.49. The molecule has 2 aromatic heterocycles. The number of nitrogens with zero attached hydrogens (tertiary/aromatic N) is 1. The number of carbonyl (C=O) groups is 1. The van der Waals surface area contributed by atoms with Crippen molar-refractivity contribution in [3.8, 4) is 0 Å². The lowest BCUT2D eigenvalue weighted by Crippen LogP contribution is -2.34. The minimum atomic E-state index is -0.216. The fourth-order valence-corrected chi connectivity index (χ4v) is 2.78. The summed E-state index contributed by atoms with van der Waals surface area (Å²) in [4.78, 5) is 28.7. The number of hydrogen-bond donors (Lipinski definition) is 2. The molecule has 6 heteroatoms. The Morgan fingerprint density at radius 2 is 2.20 bits per heavy atom. The smallest absolute Gasteiger partial charge is 0.252 e. The fraction of sp³-hybridized carbons (Fsp3) is 0.286. The Morgan fingerprint density at radius 3 is 2.75 bits per heavy atom. The van der Waals surface area contributed by atoms with E-state index in [1.807, 2.05) is 25.5 Å². The number of amides is 1. The summed E-state index contributed by atoms with van der Waals surface area (Å²) in [5.74, 6) is -0.190. The van der Waals surface area contributed by atoms with Gasteiger partial charge in [-0.3, -0.25) is 9.59 Å². The Balaban J connectivity index is 2.01. The van der Waals surface area contributed by atoms with Crippen molar-refractivity contribution >= 4 is 17.2 Å². The predicted octanol–water partition coefficient (Wildman–Crippen LogP) is 1.47.